The van der Waals surface area contributed by atoms with E-state index in [-0.39, 0.29) is 5.41 Å². The number of fused-ring (bicyclic) bond motifs is 2. The van der Waals surface area contributed by atoms with Crippen LogP contribution in [0.3, 0.4) is 0 Å². The second-order valence-corrected chi connectivity index (χ2v) is 16.9. The van der Waals surface area contributed by atoms with Gasteiger partial charge in [0, 0.05) is 22.5 Å². The van der Waals surface area contributed by atoms with Crippen molar-refractivity contribution in [1.82, 2.24) is 0 Å². The van der Waals surface area contributed by atoms with Gasteiger partial charge in [0.15, 0.2) is 0 Å². The monoisotopic (exact) mass is 669 g/mol. The van der Waals surface area contributed by atoms with Crippen LogP contribution in [0.1, 0.15) is 43.2 Å². The highest BCUT2D eigenvalue weighted by atomic mass is 32.2. The van der Waals surface area contributed by atoms with E-state index in [2.05, 4.69) is 120 Å². The molecule has 0 radical (unpaired) electrons. The SMILES string of the molecule is O=S1(=O)c2ccccc2C2(c3cc(N(c4ccc(-c5ccccc5)cc4)c4ccc(-c5ccccc5)cc4)ccc31)C1CC3CC(C1)CC2C3. The minimum Gasteiger partial charge on any atom is -0.310 e. The molecular formula is C46H39NO2S. The van der Waals surface area contributed by atoms with Gasteiger partial charge in [-0.2, -0.15) is 0 Å². The van der Waals surface area contributed by atoms with Crippen molar-refractivity contribution in [2.24, 2.45) is 23.7 Å². The first kappa shape index (κ1) is 29.9. The molecule has 4 saturated carbocycles. The van der Waals surface area contributed by atoms with E-state index < -0.39 is 9.84 Å². The Hall–Kier alpha value is -4.93. The van der Waals surface area contributed by atoms with E-state index in [4.69, 9.17) is 0 Å². The summed E-state index contributed by atoms with van der Waals surface area (Å²) >= 11 is 0. The van der Waals surface area contributed by atoms with Gasteiger partial charge in [0.1, 0.15) is 0 Å². The molecule has 1 heterocycles. The summed E-state index contributed by atoms with van der Waals surface area (Å²) in [5, 5.41) is 0. The van der Waals surface area contributed by atoms with Gasteiger partial charge in [0.25, 0.3) is 0 Å². The second kappa shape index (κ2) is 11.3. The molecule has 4 heteroatoms. The van der Waals surface area contributed by atoms with E-state index >= 15 is 0 Å². The molecule has 3 nitrogen and oxygen atoms in total. The molecule has 4 aliphatic carbocycles. The van der Waals surface area contributed by atoms with Gasteiger partial charge < -0.3 is 4.90 Å². The second-order valence-electron chi connectivity index (χ2n) is 15.0. The summed E-state index contributed by atoms with van der Waals surface area (Å²) in [6, 6.07) is 52.7. The van der Waals surface area contributed by atoms with Crippen LogP contribution >= 0.6 is 0 Å². The first-order chi connectivity index (χ1) is 24.5. The zero-order valence-electron chi connectivity index (χ0n) is 28.0. The number of anilines is 3. The summed E-state index contributed by atoms with van der Waals surface area (Å²) in [5.41, 5.74) is 9.53. The molecule has 0 saturated heterocycles. The molecule has 0 unspecified atom stereocenters. The molecule has 0 amide bonds. The number of hydrogen-bond donors (Lipinski definition) is 0. The molecule has 6 aromatic carbocycles. The smallest absolute Gasteiger partial charge is 0.207 e. The van der Waals surface area contributed by atoms with Crippen molar-refractivity contribution in [2.75, 3.05) is 4.90 Å². The molecule has 4 fully saturated rings. The maximum Gasteiger partial charge on any atom is 0.207 e. The fourth-order valence-corrected chi connectivity index (χ4v) is 12.4. The van der Waals surface area contributed by atoms with Crippen LogP contribution in [0.4, 0.5) is 17.1 Å². The van der Waals surface area contributed by atoms with Gasteiger partial charge in [-0.15, -0.1) is 0 Å². The number of hydrogen-bond acceptors (Lipinski definition) is 3. The van der Waals surface area contributed by atoms with E-state index in [1.54, 1.807) is 0 Å². The van der Waals surface area contributed by atoms with Crippen LogP contribution in [0.25, 0.3) is 22.3 Å². The summed E-state index contributed by atoms with van der Waals surface area (Å²) in [6.07, 6.45) is 6.11. The van der Waals surface area contributed by atoms with Gasteiger partial charge >= 0.3 is 0 Å². The Kier molecular flexibility index (Phi) is 6.76. The van der Waals surface area contributed by atoms with Gasteiger partial charge in [-0.3, -0.25) is 0 Å². The maximum absolute atomic E-state index is 14.5. The molecular weight excluding hydrogens is 631 g/mol. The molecule has 246 valence electrons. The fourth-order valence-electron chi connectivity index (χ4n) is 10.6. The lowest BCUT2D eigenvalue weighted by Crippen LogP contribution is -2.57. The molecule has 11 rings (SSSR count). The quantitative estimate of drug-likeness (QED) is 0.183. The molecule has 0 aromatic heterocycles. The molecule has 1 spiro atoms. The number of nitrogens with zero attached hydrogens (tertiary/aromatic N) is 1. The third kappa shape index (κ3) is 4.44. The fraction of sp³-hybridized carbons (Fsp3) is 0.217. The molecule has 5 aliphatic rings. The maximum atomic E-state index is 14.5. The topological polar surface area (TPSA) is 37.4 Å². The van der Waals surface area contributed by atoms with Gasteiger partial charge in [0.05, 0.1) is 9.79 Å². The van der Waals surface area contributed by atoms with Crippen LogP contribution in [0.15, 0.2) is 161 Å². The lowest BCUT2D eigenvalue weighted by molar-refractivity contribution is -0.0446. The Labute approximate surface area is 295 Å². The Morgan fingerprint density at radius 1 is 0.440 bits per heavy atom. The van der Waals surface area contributed by atoms with Crippen molar-refractivity contribution in [3.05, 3.63) is 163 Å². The molecule has 1 aliphatic heterocycles. The van der Waals surface area contributed by atoms with Crippen molar-refractivity contribution in [3.63, 3.8) is 0 Å². The normalized spacial score (nSPS) is 25.2. The zero-order chi connectivity index (χ0) is 33.5. The van der Waals surface area contributed by atoms with Crippen molar-refractivity contribution in [3.8, 4) is 22.3 Å². The van der Waals surface area contributed by atoms with Crippen LogP contribution in [0.2, 0.25) is 0 Å². The minimum atomic E-state index is -3.67. The van der Waals surface area contributed by atoms with E-state index in [1.165, 1.54) is 43.2 Å². The first-order valence-corrected chi connectivity index (χ1v) is 19.6. The van der Waals surface area contributed by atoms with Crippen molar-refractivity contribution in [1.29, 1.82) is 0 Å². The van der Waals surface area contributed by atoms with Crippen molar-refractivity contribution < 1.29 is 8.42 Å². The highest BCUT2D eigenvalue weighted by Gasteiger charge is 2.62. The van der Waals surface area contributed by atoms with E-state index in [0.29, 0.717) is 21.6 Å². The van der Waals surface area contributed by atoms with Crippen molar-refractivity contribution >= 4 is 26.9 Å². The van der Waals surface area contributed by atoms with Gasteiger partial charge in [-0.25, -0.2) is 8.42 Å². The largest absolute Gasteiger partial charge is 0.310 e. The molecule has 0 atom stereocenters. The molecule has 50 heavy (non-hydrogen) atoms. The Morgan fingerprint density at radius 2 is 0.880 bits per heavy atom. The van der Waals surface area contributed by atoms with Gasteiger partial charge in [0.2, 0.25) is 9.84 Å². The average molecular weight is 670 g/mol. The number of sulfone groups is 1. The van der Waals surface area contributed by atoms with E-state index in [9.17, 15) is 8.42 Å². The predicted octanol–water partition coefficient (Wildman–Crippen LogP) is 11.4. The van der Waals surface area contributed by atoms with Crippen molar-refractivity contribution in [2.45, 2.75) is 47.3 Å². The van der Waals surface area contributed by atoms with Gasteiger partial charge in [-0.05, 0) is 138 Å². The summed E-state index contributed by atoms with van der Waals surface area (Å²) in [7, 11) is -3.67. The van der Waals surface area contributed by atoms with Gasteiger partial charge in [-0.1, -0.05) is 103 Å². The lowest BCUT2D eigenvalue weighted by Gasteiger charge is -2.63. The Balaban J connectivity index is 1.16. The highest BCUT2D eigenvalue weighted by Crippen LogP contribution is 2.68. The standard InChI is InChI=1S/C46H39NO2S/c48-50(49)44-14-8-7-13-42(44)46(37-26-31-25-32(28-37)29-38(46)27-31)43-30-41(23-24-45(43)50)47(39-19-15-35(16-20-39)33-9-3-1-4-10-33)40-21-17-36(18-22-40)34-11-5-2-6-12-34/h1-24,30-32,37-38H,25-29H2. The van der Waals surface area contributed by atoms with Crippen LogP contribution in [-0.4, -0.2) is 8.42 Å². The first-order valence-electron chi connectivity index (χ1n) is 18.1. The highest BCUT2D eigenvalue weighted by molar-refractivity contribution is 7.91. The number of benzene rings is 6. The Morgan fingerprint density at radius 3 is 1.42 bits per heavy atom. The molecule has 4 bridgehead atoms. The van der Waals surface area contributed by atoms with Crippen LogP contribution < -0.4 is 4.90 Å². The summed E-state index contributed by atoms with van der Waals surface area (Å²) in [5.74, 6) is 2.44. The van der Waals surface area contributed by atoms with Crippen LogP contribution in [0, 0.1) is 23.7 Å². The van der Waals surface area contributed by atoms with Crippen LogP contribution in [-0.2, 0) is 15.3 Å². The number of rotatable bonds is 5. The summed E-state index contributed by atoms with van der Waals surface area (Å²) in [6.45, 7) is 0. The molecule has 0 N–H and O–H groups in total. The Bertz CT molecular complexity index is 2220. The third-order valence-corrected chi connectivity index (χ3v) is 14.3. The molecule has 6 aromatic rings. The zero-order valence-corrected chi connectivity index (χ0v) is 28.8. The lowest BCUT2D eigenvalue weighted by atomic mass is 9.42. The van der Waals surface area contributed by atoms with E-state index in [0.717, 1.165) is 51.2 Å². The average Bonchev–Trinajstić information content (AvgIpc) is 3.16. The summed E-state index contributed by atoms with van der Waals surface area (Å²) in [4.78, 5) is 3.34. The predicted molar refractivity (Wildman–Crippen MR) is 202 cm³/mol. The summed E-state index contributed by atoms with van der Waals surface area (Å²) < 4.78 is 28.9. The van der Waals surface area contributed by atoms with Crippen LogP contribution in [0.5, 0.6) is 0 Å². The third-order valence-electron chi connectivity index (χ3n) is 12.5. The van der Waals surface area contributed by atoms with E-state index in [1.807, 2.05) is 36.4 Å². The minimum absolute atomic E-state index is 0.291.